The molecular formula is C34H35N3O3. The van der Waals surface area contributed by atoms with Crippen LogP contribution in [-0.2, 0) is 22.6 Å². The van der Waals surface area contributed by atoms with Crippen LogP contribution in [0.2, 0.25) is 0 Å². The number of para-hydroxylation sites is 1. The van der Waals surface area contributed by atoms with Gasteiger partial charge in [0.1, 0.15) is 23.6 Å². The standard InChI is InChI=1S/C34H35N3O3/c35-22-8-7-13-32-33(38)36-31(23-25-16-20-30(21-17-25)40-29-11-5-2-6-12-29)34(39)37(32)24-26-14-18-28(19-15-26)27-9-3-1-4-10-27/h1-6,9-12,14-21,31-32H,7-8,13,22-24,35H2,(H,36,38)/t31-,32-/m0/s1. The Hall–Kier alpha value is -4.42. The maximum atomic E-state index is 13.8. The summed E-state index contributed by atoms with van der Waals surface area (Å²) in [4.78, 5) is 28.8. The van der Waals surface area contributed by atoms with Crippen molar-refractivity contribution in [1.29, 1.82) is 0 Å². The minimum Gasteiger partial charge on any atom is -0.457 e. The van der Waals surface area contributed by atoms with Gasteiger partial charge in [-0.3, -0.25) is 9.59 Å². The fourth-order valence-corrected chi connectivity index (χ4v) is 5.10. The van der Waals surface area contributed by atoms with E-state index in [1.165, 1.54) is 0 Å². The van der Waals surface area contributed by atoms with Crippen molar-refractivity contribution < 1.29 is 14.3 Å². The lowest BCUT2D eigenvalue weighted by atomic mass is 9.96. The van der Waals surface area contributed by atoms with E-state index in [9.17, 15) is 9.59 Å². The van der Waals surface area contributed by atoms with Crippen LogP contribution in [0.1, 0.15) is 30.4 Å². The Morgan fingerprint density at radius 2 is 1.30 bits per heavy atom. The molecule has 1 fully saturated rings. The third-order valence-corrected chi connectivity index (χ3v) is 7.26. The minimum absolute atomic E-state index is 0.0610. The summed E-state index contributed by atoms with van der Waals surface area (Å²) in [6.07, 6.45) is 2.61. The molecule has 0 spiro atoms. The van der Waals surface area contributed by atoms with Gasteiger partial charge in [0.15, 0.2) is 0 Å². The molecule has 0 radical (unpaired) electrons. The molecule has 3 N–H and O–H groups in total. The molecule has 0 bridgehead atoms. The van der Waals surface area contributed by atoms with Crippen LogP contribution in [0.5, 0.6) is 11.5 Å². The molecule has 40 heavy (non-hydrogen) atoms. The number of piperazine rings is 1. The van der Waals surface area contributed by atoms with Crippen LogP contribution < -0.4 is 15.8 Å². The third kappa shape index (κ3) is 6.77. The highest BCUT2D eigenvalue weighted by atomic mass is 16.5. The van der Waals surface area contributed by atoms with Crippen LogP contribution in [0.25, 0.3) is 11.1 Å². The Bertz CT molecular complexity index is 1390. The van der Waals surface area contributed by atoms with Crippen molar-refractivity contribution in [2.24, 2.45) is 5.73 Å². The van der Waals surface area contributed by atoms with Crippen molar-refractivity contribution in [3.8, 4) is 22.6 Å². The van der Waals surface area contributed by atoms with E-state index in [2.05, 4.69) is 29.6 Å². The summed E-state index contributed by atoms with van der Waals surface area (Å²) < 4.78 is 5.89. The van der Waals surface area contributed by atoms with Crippen LogP contribution in [0, 0.1) is 0 Å². The number of unbranched alkanes of at least 4 members (excludes halogenated alkanes) is 1. The Labute approximate surface area is 235 Å². The highest BCUT2D eigenvalue weighted by Crippen LogP contribution is 2.25. The zero-order valence-corrected chi connectivity index (χ0v) is 22.5. The molecule has 2 amide bonds. The maximum absolute atomic E-state index is 13.8. The molecule has 6 heteroatoms. The molecule has 1 aliphatic rings. The van der Waals surface area contributed by atoms with Gasteiger partial charge in [0.25, 0.3) is 0 Å². The molecular weight excluding hydrogens is 498 g/mol. The summed E-state index contributed by atoms with van der Waals surface area (Å²) in [6.45, 7) is 0.949. The first-order valence-corrected chi connectivity index (χ1v) is 13.9. The molecule has 0 saturated carbocycles. The van der Waals surface area contributed by atoms with Gasteiger partial charge in [-0.05, 0) is 72.3 Å². The first-order chi connectivity index (χ1) is 19.6. The van der Waals surface area contributed by atoms with Crippen LogP contribution in [0.3, 0.4) is 0 Å². The normalized spacial score (nSPS) is 17.0. The molecule has 204 valence electrons. The number of amides is 2. The van der Waals surface area contributed by atoms with Gasteiger partial charge in [-0.15, -0.1) is 0 Å². The molecule has 1 aliphatic heterocycles. The van der Waals surface area contributed by atoms with E-state index in [1.807, 2.05) is 84.9 Å². The van der Waals surface area contributed by atoms with Gasteiger partial charge in [-0.25, -0.2) is 0 Å². The van der Waals surface area contributed by atoms with Crippen molar-refractivity contribution in [3.63, 3.8) is 0 Å². The summed E-state index contributed by atoms with van der Waals surface area (Å²) >= 11 is 0. The number of carbonyl (C=O) groups excluding carboxylic acids is 2. The maximum Gasteiger partial charge on any atom is 0.246 e. The van der Waals surface area contributed by atoms with E-state index in [1.54, 1.807) is 4.90 Å². The zero-order valence-electron chi connectivity index (χ0n) is 22.5. The number of hydrogen-bond acceptors (Lipinski definition) is 4. The molecule has 1 saturated heterocycles. The molecule has 0 unspecified atom stereocenters. The van der Waals surface area contributed by atoms with Gasteiger partial charge in [-0.1, -0.05) is 84.9 Å². The van der Waals surface area contributed by atoms with Gasteiger partial charge < -0.3 is 20.7 Å². The molecule has 4 aromatic rings. The SMILES string of the molecule is NCCCC[C@H]1C(=O)N[C@@H](Cc2ccc(Oc3ccccc3)cc2)C(=O)N1Cc1ccc(-c2ccccc2)cc1. The minimum atomic E-state index is -0.622. The summed E-state index contributed by atoms with van der Waals surface area (Å²) in [5, 5.41) is 3.00. The Kier molecular flexibility index (Phi) is 8.89. The highest BCUT2D eigenvalue weighted by Gasteiger charge is 2.40. The van der Waals surface area contributed by atoms with Crippen molar-refractivity contribution in [3.05, 3.63) is 120 Å². The van der Waals surface area contributed by atoms with Gasteiger partial charge in [0.2, 0.25) is 11.8 Å². The van der Waals surface area contributed by atoms with Crippen molar-refractivity contribution >= 4 is 11.8 Å². The largest absolute Gasteiger partial charge is 0.457 e. The first-order valence-electron chi connectivity index (χ1n) is 13.9. The fourth-order valence-electron chi connectivity index (χ4n) is 5.10. The van der Waals surface area contributed by atoms with E-state index in [4.69, 9.17) is 10.5 Å². The van der Waals surface area contributed by atoms with Crippen LogP contribution in [0.15, 0.2) is 109 Å². The Morgan fingerprint density at radius 3 is 1.98 bits per heavy atom. The van der Waals surface area contributed by atoms with Crippen LogP contribution >= 0.6 is 0 Å². The fraction of sp³-hybridized carbons (Fsp3) is 0.235. The number of benzene rings is 4. The van der Waals surface area contributed by atoms with E-state index in [0.29, 0.717) is 25.9 Å². The van der Waals surface area contributed by atoms with E-state index in [0.717, 1.165) is 46.6 Å². The molecule has 2 atom stereocenters. The lowest BCUT2D eigenvalue weighted by molar-refractivity contribution is -0.150. The molecule has 0 aliphatic carbocycles. The quantitative estimate of drug-likeness (QED) is 0.242. The van der Waals surface area contributed by atoms with E-state index >= 15 is 0 Å². The predicted octanol–water partition coefficient (Wildman–Crippen LogP) is 5.71. The van der Waals surface area contributed by atoms with Crippen molar-refractivity contribution in [2.45, 2.75) is 44.3 Å². The predicted molar refractivity (Wildman–Crippen MR) is 158 cm³/mol. The van der Waals surface area contributed by atoms with Gasteiger partial charge in [0.05, 0.1) is 0 Å². The van der Waals surface area contributed by atoms with E-state index < -0.39 is 12.1 Å². The van der Waals surface area contributed by atoms with Gasteiger partial charge in [-0.2, -0.15) is 0 Å². The zero-order chi connectivity index (χ0) is 27.7. The lowest BCUT2D eigenvalue weighted by Crippen LogP contribution is -2.63. The molecule has 4 aromatic carbocycles. The first kappa shape index (κ1) is 27.2. The summed E-state index contributed by atoms with van der Waals surface area (Å²) in [5.74, 6) is 1.31. The number of ether oxygens (including phenoxy) is 1. The summed E-state index contributed by atoms with van der Waals surface area (Å²) in [5.41, 5.74) is 9.90. The van der Waals surface area contributed by atoms with Gasteiger partial charge in [0, 0.05) is 13.0 Å². The number of nitrogens with zero attached hydrogens (tertiary/aromatic N) is 1. The Morgan fingerprint density at radius 1 is 0.700 bits per heavy atom. The second kappa shape index (κ2) is 13.1. The van der Waals surface area contributed by atoms with Crippen LogP contribution in [0.4, 0.5) is 0 Å². The van der Waals surface area contributed by atoms with Crippen molar-refractivity contribution in [1.82, 2.24) is 10.2 Å². The van der Waals surface area contributed by atoms with Crippen molar-refractivity contribution in [2.75, 3.05) is 6.54 Å². The molecule has 5 rings (SSSR count). The molecule has 0 aromatic heterocycles. The number of rotatable bonds is 11. The second-order valence-electron chi connectivity index (χ2n) is 10.2. The number of nitrogens with two attached hydrogens (primary N) is 1. The summed E-state index contributed by atoms with van der Waals surface area (Å²) in [7, 11) is 0. The van der Waals surface area contributed by atoms with Gasteiger partial charge >= 0.3 is 0 Å². The number of hydrogen-bond donors (Lipinski definition) is 2. The molecule has 6 nitrogen and oxygen atoms in total. The highest BCUT2D eigenvalue weighted by molar-refractivity contribution is 5.97. The summed E-state index contributed by atoms with van der Waals surface area (Å²) in [6, 6.07) is 34.5. The second-order valence-corrected chi connectivity index (χ2v) is 10.2. The third-order valence-electron chi connectivity index (χ3n) is 7.26. The lowest BCUT2D eigenvalue weighted by Gasteiger charge is -2.39. The number of carbonyl (C=O) groups is 2. The monoisotopic (exact) mass is 533 g/mol. The smallest absolute Gasteiger partial charge is 0.246 e. The van der Waals surface area contributed by atoms with Crippen LogP contribution in [-0.4, -0.2) is 35.3 Å². The number of nitrogens with one attached hydrogen (secondary N) is 1. The average molecular weight is 534 g/mol. The topological polar surface area (TPSA) is 84.7 Å². The molecule has 1 heterocycles. The Balaban J connectivity index is 1.30. The average Bonchev–Trinajstić information content (AvgIpc) is 2.99. The van der Waals surface area contributed by atoms with E-state index in [-0.39, 0.29) is 11.8 Å².